The van der Waals surface area contributed by atoms with E-state index in [0.29, 0.717) is 35.3 Å². The molecule has 0 atom stereocenters. The van der Waals surface area contributed by atoms with Crippen LogP contribution >= 0.6 is 11.3 Å². The van der Waals surface area contributed by atoms with Gasteiger partial charge in [-0.2, -0.15) is 0 Å². The van der Waals surface area contributed by atoms with Crippen molar-refractivity contribution in [2.24, 2.45) is 0 Å². The monoisotopic (exact) mass is 405 g/mol. The van der Waals surface area contributed by atoms with Crippen molar-refractivity contribution in [3.8, 4) is 22.8 Å². The molecule has 0 amide bonds. The lowest BCUT2D eigenvalue weighted by Crippen LogP contribution is -2.26. The molecule has 3 aromatic rings. The van der Waals surface area contributed by atoms with Crippen LogP contribution in [0, 0.1) is 12.3 Å². The van der Waals surface area contributed by atoms with Crippen LogP contribution in [0.3, 0.4) is 0 Å². The van der Waals surface area contributed by atoms with Crippen molar-refractivity contribution in [2.75, 3.05) is 24.7 Å². The lowest BCUT2D eigenvalue weighted by molar-refractivity contribution is 0.171. The van der Waals surface area contributed by atoms with Crippen molar-refractivity contribution in [3.63, 3.8) is 0 Å². The van der Waals surface area contributed by atoms with Gasteiger partial charge in [0, 0.05) is 22.2 Å². The van der Waals surface area contributed by atoms with E-state index < -0.39 is 0 Å². The summed E-state index contributed by atoms with van der Waals surface area (Å²) in [5.41, 5.74) is 3.17. The zero-order chi connectivity index (χ0) is 20.0. The number of hydrogen-bond donors (Lipinski definition) is 2. The first kappa shape index (κ1) is 17.8. The third-order valence-electron chi connectivity index (χ3n) is 5.00. The number of aliphatic hydroxyl groups excluding tert-OH is 1. The Morgan fingerprint density at radius 3 is 2.62 bits per heavy atom. The highest BCUT2D eigenvalue weighted by Gasteiger charge is 2.32. The van der Waals surface area contributed by atoms with Gasteiger partial charge < -0.3 is 19.5 Å². The number of nitrogens with one attached hydrogen (secondary N) is 1. The Morgan fingerprint density at radius 2 is 1.83 bits per heavy atom. The van der Waals surface area contributed by atoms with E-state index in [1.807, 2.05) is 55.5 Å². The Balaban J connectivity index is 1.47. The fourth-order valence-corrected chi connectivity index (χ4v) is 4.60. The van der Waals surface area contributed by atoms with Gasteiger partial charge in [-0.05, 0) is 19.1 Å². The largest absolute Gasteiger partial charge is 0.510 e. The average Bonchev–Trinajstić information content (AvgIpc) is 3.27. The molecule has 1 aromatic heterocycles. The van der Waals surface area contributed by atoms with Crippen LogP contribution in [0.5, 0.6) is 11.5 Å². The summed E-state index contributed by atoms with van der Waals surface area (Å²) in [5, 5.41) is 20.0. The molecule has 2 aliphatic rings. The van der Waals surface area contributed by atoms with Crippen molar-refractivity contribution in [3.05, 3.63) is 64.2 Å². The van der Waals surface area contributed by atoms with Gasteiger partial charge >= 0.3 is 0 Å². The molecule has 0 saturated heterocycles. The highest BCUT2D eigenvalue weighted by Crippen LogP contribution is 2.39. The van der Waals surface area contributed by atoms with Gasteiger partial charge in [0.25, 0.3) is 0 Å². The topological polar surface area (TPSA) is 78.7 Å². The van der Waals surface area contributed by atoms with Crippen LogP contribution in [-0.4, -0.2) is 35.7 Å². The Bertz CT molecular complexity index is 1140. The molecule has 0 bridgehead atoms. The highest BCUT2D eigenvalue weighted by molar-refractivity contribution is 7.13. The van der Waals surface area contributed by atoms with Crippen LogP contribution in [0.4, 0.5) is 5.69 Å². The molecule has 0 fully saturated rings. The maximum Gasteiger partial charge on any atom is 0.163 e. The van der Waals surface area contributed by atoms with Crippen LogP contribution in [0.1, 0.15) is 9.88 Å². The number of aliphatic hydroxyl groups is 1. The molecule has 2 aliphatic heterocycles. The molecule has 2 N–H and O–H groups in total. The molecular weight excluding hydrogens is 386 g/mol. The SMILES string of the molecule is Cc1sc(C2=C(O)CN(c3ccc4c(c3)OCCO4)C2=N)nc1-c1ccccc1. The summed E-state index contributed by atoms with van der Waals surface area (Å²) in [7, 11) is 0. The molecule has 7 heteroatoms. The van der Waals surface area contributed by atoms with Crippen LogP contribution in [0.25, 0.3) is 16.8 Å². The third kappa shape index (κ3) is 3.03. The smallest absolute Gasteiger partial charge is 0.163 e. The highest BCUT2D eigenvalue weighted by atomic mass is 32.1. The first-order valence-electron chi connectivity index (χ1n) is 9.33. The minimum absolute atomic E-state index is 0.151. The number of amidine groups is 1. The predicted molar refractivity (Wildman–Crippen MR) is 114 cm³/mol. The quantitative estimate of drug-likeness (QED) is 0.663. The number of fused-ring (bicyclic) bond motifs is 1. The van der Waals surface area contributed by atoms with Crippen molar-refractivity contribution in [1.29, 1.82) is 5.41 Å². The van der Waals surface area contributed by atoms with E-state index in [9.17, 15) is 5.11 Å². The average molecular weight is 405 g/mol. The summed E-state index contributed by atoms with van der Waals surface area (Å²) in [6.45, 7) is 3.28. The number of aromatic nitrogens is 1. The van der Waals surface area contributed by atoms with Gasteiger partial charge in [0.15, 0.2) is 11.5 Å². The Kier molecular flexibility index (Phi) is 4.24. The first-order valence-corrected chi connectivity index (χ1v) is 10.1. The number of ether oxygens (including phenoxy) is 2. The summed E-state index contributed by atoms with van der Waals surface area (Å²) in [4.78, 5) is 7.55. The molecule has 146 valence electrons. The number of aryl methyl sites for hydroxylation is 1. The maximum absolute atomic E-state index is 10.7. The summed E-state index contributed by atoms with van der Waals surface area (Å²) >= 11 is 1.49. The third-order valence-corrected chi connectivity index (χ3v) is 5.99. The Hall–Kier alpha value is -3.32. The van der Waals surface area contributed by atoms with Crippen LogP contribution in [0.2, 0.25) is 0 Å². The predicted octanol–water partition coefficient (Wildman–Crippen LogP) is 4.66. The fourth-order valence-electron chi connectivity index (χ4n) is 3.59. The van der Waals surface area contributed by atoms with E-state index in [1.54, 1.807) is 4.90 Å². The summed E-state index contributed by atoms with van der Waals surface area (Å²) in [6.07, 6.45) is 0. The molecular formula is C22H19N3O3S. The fraction of sp³-hybridized carbons (Fsp3) is 0.182. The van der Waals surface area contributed by atoms with E-state index in [-0.39, 0.29) is 18.1 Å². The molecule has 6 nitrogen and oxygen atoms in total. The maximum atomic E-state index is 10.7. The zero-order valence-corrected chi connectivity index (χ0v) is 16.6. The van der Waals surface area contributed by atoms with Crippen molar-refractivity contribution in [2.45, 2.75) is 6.92 Å². The normalized spacial score (nSPS) is 15.9. The van der Waals surface area contributed by atoms with Gasteiger partial charge in [-0.25, -0.2) is 4.98 Å². The van der Waals surface area contributed by atoms with E-state index >= 15 is 0 Å². The van der Waals surface area contributed by atoms with E-state index in [2.05, 4.69) is 0 Å². The number of benzene rings is 2. The van der Waals surface area contributed by atoms with Crippen LogP contribution < -0.4 is 14.4 Å². The van der Waals surface area contributed by atoms with E-state index in [1.165, 1.54) is 11.3 Å². The molecule has 0 spiro atoms. The lowest BCUT2D eigenvalue weighted by Gasteiger charge is -2.23. The van der Waals surface area contributed by atoms with Gasteiger partial charge in [0.05, 0.1) is 17.8 Å². The summed E-state index contributed by atoms with van der Waals surface area (Å²) in [6, 6.07) is 15.5. The molecule has 0 aliphatic carbocycles. The molecule has 5 rings (SSSR count). The number of hydrogen-bond acceptors (Lipinski definition) is 6. The van der Waals surface area contributed by atoms with Crippen molar-refractivity contribution < 1.29 is 14.6 Å². The van der Waals surface area contributed by atoms with Gasteiger partial charge in [0.2, 0.25) is 0 Å². The van der Waals surface area contributed by atoms with E-state index in [0.717, 1.165) is 21.8 Å². The van der Waals surface area contributed by atoms with Crippen molar-refractivity contribution >= 4 is 28.4 Å². The van der Waals surface area contributed by atoms with Crippen LogP contribution in [0.15, 0.2) is 54.3 Å². The van der Waals surface area contributed by atoms with E-state index in [4.69, 9.17) is 19.9 Å². The molecule has 29 heavy (non-hydrogen) atoms. The number of rotatable bonds is 3. The summed E-state index contributed by atoms with van der Waals surface area (Å²) in [5.74, 6) is 1.74. The van der Waals surface area contributed by atoms with Gasteiger partial charge in [-0.1, -0.05) is 30.3 Å². The molecule has 0 radical (unpaired) electrons. The second kappa shape index (κ2) is 6.93. The molecule has 0 saturated carbocycles. The number of thiazole rings is 1. The van der Waals surface area contributed by atoms with Gasteiger partial charge in [0.1, 0.15) is 29.8 Å². The molecule has 3 heterocycles. The number of nitrogens with zero attached hydrogens (tertiary/aromatic N) is 2. The van der Waals surface area contributed by atoms with Gasteiger partial charge in [-0.3, -0.25) is 5.41 Å². The first-order chi connectivity index (χ1) is 14.1. The lowest BCUT2D eigenvalue weighted by atomic mass is 10.1. The van der Waals surface area contributed by atoms with Crippen LogP contribution in [-0.2, 0) is 0 Å². The number of anilines is 1. The summed E-state index contributed by atoms with van der Waals surface area (Å²) < 4.78 is 11.2. The second-order valence-corrected chi connectivity index (χ2v) is 8.08. The van der Waals surface area contributed by atoms with Crippen molar-refractivity contribution in [1.82, 2.24) is 4.98 Å². The van der Waals surface area contributed by atoms with Gasteiger partial charge in [-0.15, -0.1) is 11.3 Å². The minimum atomic E-state index is 0.151. The minimum Gasteiger partial charge on any atom is -0.510 e. The molecule has 0 unspecified atom stereocenters. The Morgan fingerprint density at radius 1 is 1.07 bits per heavy atom. The molecule has 2 aromatic carbocycles. The Labute approximate surface area is 172 Å². The standard InChI is InChI=1S/C22H19N3O3S/c1-13-20(14-5-3-2-4-6-14)24-22(29-13)19-16(26)12-25(21(19)23)15-7-8-17-18(11-15)28-10-9-27-17/h2-8,11,23,26H,9-10,12H2,1H3. The zero-order valence-electron chi connectivity index (χ0n) is 15.8. The second-order valence-electron chi connectivity index (χ2n) is 6.87.